The Kier molecular flexibility index (Phi) is 3.55. The van der Waals surface area contributed by atoms with E-state index in [9.17, 15) is 13.2 Å². The van der Waals surface area contributed by atoms with Gasteiger partial charge in [-0.2, -0.15) is 13.2 Å². The third-order valence-electron chi connectivity index (χ3n) is 2.57. The Morgan fingerprint density at radius 1 is 1.57 bits per heavy atom. The maximum absolute atomic E-state index is 12.2. The first-order valence-corrected chi connectivity index (χ1v) is 4.65. The van der Waals surface area contributed by atoms with Crippen LogP contribution in [0.2, 0.25) is 0 Å². The first kappa shape index (κ1) is 11.5. The summed E-state index contributed by atoms with van der Waals surface area (Å²) in [5.74, 6) is 0. The van der Waals surface area contributed by atoms with Gasteiger partial charge in [-0.25, -0.2) is 0 Å². The van der Waals surface area contributed by atoms with Crippen molar-refractivity contribution >= 4 is 0 Å². The molecule has 0 aromatic carbocycles. The number of halogens is 3. The molecule has 1 aliphatic rings. The highest BCUT2D eigenvalue weighted by molar-refractivity contribution is 5.13. The molecule has 0 aliphatic carbocycles. The van der Waals surface area contributed by atoms with E-state index in [2.05, 4.69) is 0 Å². The average Bonchev–Trinajstić information content (AvgIpc) is 2.15. The van der Waals surface area contributed by atoms with Crippen LogP contribution in [0.15, 0.2) is 11.6 Å². The lowest BCUT2D eigenvalue weighted by Crippen LogP contribution is -2.42. The van der Waals surface area contributed by atoms with Gasteiger partial charge in [0.15, 0.2) is 0 Å². The number of rotatable bonds is 2. The Hall–Kier alpha value is -0.550. The average molecular weight is 208 g/mol. The zero-order valence-electron chi connectivity index (χ0n) is 8.14. The van der Waals surface area contributed by atoms with Gasteiger partial charge >= 0.3 is 6.18 Å². The van der Waals surface area contributed by atoms with Crippen LogP contribution in [-0.2, 0) is 0 Å². The molecule has 1 heterocycles. The second kappa shape index (κ2) is 4.31. The summed E-state index contributed by atoms with van der Waals surface area (Å²) >= 11 is 0. The van der Waals surface area contributed by atoms with Gasteiger partial charge in [0.1, 0.15) is 0 Å². The van der Waals surface area contributed by atoms with E-state index in [4.69, 9.17) is 5.73 Å². The molecule has 0 amide bonds. The highest BCUT2D eigenvalue weighted by atomic mass is 19.4. The van der Waals surface area contributed by atoms with Gasteiger partial charge < -0.3 is 5.73 Å². The van der Waals surface area contributed by atoms with Gasteiger partial charge in [0, 0.05) is 31.2 Å². The monoisotopic (exact) mass is 208 g/mol. The standard InChI is InChI=1S/C9H15F3N2/c1-7(6-13)14-4-2-8(3-5-14)9(10,11)12/h2,7H,3-6,13H2,1H3. The minimum Gasteiger partial charge on any atom is -0.329 e. The van der Waals surface area contributed by atoms with Crippen LogP contribution >= 0.6 is 0 Å². The Morgan fingerprint density at radius 3 is 2.57 bits per heavy atom. The molecule has 82 valence electrons. The van der Waals surface area contributed by atoms with E-state index in [0.29, 0.717) is 19.6 Å². The summed E-state index contributed by atoms with van der Waals surface area (Å²) in [7, 11) is 0. The minimum atomic E-state index is -4.15. The fraction of sp³-hybridized carbons (Fsp3) is 0.778. The highest BCUT2D eigenvalue weighted by Gasteiger charge is 2.35. The second-order valence-corrected chi connectivity index (χ2v) is 3.56. The van der Waals surface area contributed by atoms with Crippen molar-refractivity contribution in [3.63, 3.8) is 0 Å². The summed E-state index contributed by atoms with van der Waals surface area (Å²) in [5.41, 5.74) is 5.03. The van der Waals surface area contributed by atoms with E-state index in [1.165, 1.54) is 6.08 Å². The molecule has 0 fully saturated rings. The molecule has 0 saturated carbocycles. The predicted molar refractivity (Wildman–Crippen MR) is 48.8 cm³/mol. The molecular weight excluding hydrogens is 193 g/mol. The molecule has 1 rings (SSSR count). The van der Waals surface area contributed by atoms with Crippen LogP contribution in [0, 0.1) is 0 Å². The van der Waals surface area contributed by atoms with Gasteiger partial charge in [0.05, 0.1) is 0 Å². The molecule has 1 aliphatic heterocycles. The van der Waals surface area contributed by atoms with E-state index >= 15 is 0 Å². The molecule has 1 unspecified atom stereocenters. The van der Waals surface area contributed by atoms with Gasteiger partial charge in [-0.15, -0.1) is 0 Å². The molecule has 0 saturated heterocycles. The van der Waals surface area contributed by atoms with Gasteiger partial charge in [-0.05, 0) is 13.3 Å². The van der Waals surface area contributed by atoms with E-state index in [-0.39, 0.29) is 12.5 Å². The van der Waals surface area contributed by atoms with E-state index < -0.39 is 11.7 Å². The van der Waals surface area contributed by atoms with Gasteiger partial charge in [-0.3, -0.25) is 4.90 Å². The summed E-state index contributed by atoms with van der Waals surface area (Å²) < 4.78 is 36.7. The summed E-state index contributed by atoms with van der Waals surface area (Å²) in [4.78, 5) is 1.95. The van der Waals surface area contributed by atoms with Crippen molar-refractivity contribution in [3.05, 3.63) is 11.6 Å². The van der Waals surface area contributed by atoms with Crippen molar-refractivity contribution < 1.29 is 13.2 Å². The zero-order chi connectivity index (χ0) is 10.8. The lowest BCUT2D eigenvalue weighted by atomic mass is 10.1. The summed E-state index contributed by atoms with van der Waals surface area (Å²) in [5, 5.41) is 0. The fourth-order valence-electron chi connectivity index (χ4n) is 1.49. The van der Waals surface area contributed by atoms with Crippen molar-refractivity contribution in [2.75, 3.05) is 19.6 Å². The predicted octanol–water partition coefficient (Wildman–Crippen LogP) is 1.53. The van der Waals surface area contributed by atoms with E-state index in [1.807, 2.05) is 11.8 Å². The van der Waals surface area contributed by atoms with Crippen LogP contribution in [0.25, 0.3) is 0 Å². The Bertz CT molecular complexity index is 223. The van der Waals surface area contributed by atoms with E-state index in [0.717, 1.165) is 0 Å². The van der Waals surface area contributed by atoms with Crippen molar-refractivity contribution in [1.82, 2.24) is 4.90 Å². The van der Waals surface area contributed by atoms with E-state index in [1.54, 1.807) is 0 Å². The maximum Gasteiger partial charge on any atom is 0.412 e. The topological polar surface area (TPSA) is 29.3 Å². The summed E-state index contributed by atoms with van der Waals surface area (Å²) in [6.07, 6.45) is -2.82. The van der Waals surface area contributed by atoms with Crippen LogP contribution in [0.5, 0.6) is 0 Å². The first-order valence-electron chi connectivity index (χ1n) is 4.65. The largest absolute Gasteiger partial charge is 0.412 e. The zero-order valence-corrected chi connectivity index (χ0v) is 8.14. The first-order chi connectivity index (χ1) is 6.45. The van der Waals surface area contributed by atoms with Gasteiger partial charge in [-0.1, -0.05) is 6.08 Å². The van der Waals surface area contributed by atoms with Gasteiger partial charge in [0.25, 0.3) is 0 Å². The normalized spacial score (nSPS) is 21.9. The van der Waals surface area contributed by atoms with Crippen LogP contribution in [0.4, 0.5) is 13.2 Å². The van der Waals surface area contributed by atoms with Crippen LogP contribution < -0.4 is 5.73 Å². The molecule has 0 spiro atoms. The number of hydrogen-bond acceptors (Lipinski definition) is 2. The van der Waals surface area contributed by atoms with Crippen molar-refractivity contribution in [2.45, 2.75) is 25.6 Å². The molecule has 0 aromatic heterocycles. The smallest absolute Gasteiger partial charge is 0.329 e. The molecule has 5 heteroatoms. The Labute approximate surface area is 81.6 Å². The third-order valence-corrected chi connectivity index (χ3v) is 2.57. The quantitative estimate of drug-likeness (QED) is 0.697. The Morgan fingerprint density at radius 2 is 2.21 bits per heavy atom. The van der Waals surface area contributed by atoms with Gasteiger partial charge in [0.2, 0.25) is 0 Å². The molecule has 2 N–H and O–H groups in total. The summed E-state index contributed by atoms with van der Waals surface area (Å²) in [6, 6.07) is 0.154. The minimum absolute atomic E-state index is 0.0772. The number of nitrogens with two attached hydrogens (primary N) is 1. The van der Waals surface area contributed by atoms with Crippen molar-refractivity contribution in [1.29, 1.82) is 0 Å². The molecule has 0 aromatic rings. The van der Waals surface area contributed by atoms with Crippen molar-refractivity contribution in [3.8, 4) is 0 Å². The molecule has 0 radical (unpaired) electrons. The highest BCUT2D eigenvalue weighted by Crippen LogP contribution is 2.30. The van der Waals surface area contributed by atoms with Crippen LogP contribution in [0.1, 0.15) is 13.3 Å². The van der Waals surface area contributed by atoms with Crippen molar-refractivity contribution in [2.24, 2.45) is 5.73 Å². The fourth-order valence-corrected chi connectivity index (χ4v) is 1.49. The molecule has 0 bridgehead atoms. The van der Waals surface area contributed by atoms with Crippen LogP contribution in [0.3, 0.4) is 0 Å². The lowest BCUT2D eigenvalue weighted by Gasteiger charge is -2.31. The number of nitrogens with zero attached hydrogens (tertiary/aromatic N) is 1. The molecule has 2 nitrogen and oxygen atoms in total. The number of alkyl halides is 3. The Balaban J connectivity index is 2.56. The lowest BCUT2D eigenvalue weighted by molar-refractivity contribution is -0.0963. The second-order valence-electron chi connectivity index (χ2n) is 3.56. The maximum atomic E-state index is 12.2. The third kappa shape index (κ3) is 2.72. The molecule has 14 heavy (non-hydrogen) atoms. The molecule has 1 atom stereocenters. The summed E-state index contributed by atoms with van der Waals surface area (Å²) in [6.45, 7) is 3.21. The SMILES string of the molecule is CC(CN)N1CC=C(C(F)(F)F)CC1. The van der Waals surface area contributed by atoms with Crippen LogP contribution in [-0.4, -0.2) is 36.8 Å². The number of hydrogen-bond donors (Lipinski definition) is 1. The molecular formula is C9H15F3N2.